The van der Waals surface area contributed by atoms with Crippen molar-refractivity contribution in [2.24, 2.45) is 0 Å². The molecule has 7 heteroatoms. The maximum atomic E-state index is 12.9. The number of nitro benzene ring substituents is 1. The standard InChI is InChI=1S/C20H17N3O4/c1-12-16(8-3-9-17(12)23(26)27)21-20(25)15-11-22-10-4-6-13-5-2-7-14(18(13)22)19(15)24/h2-3,5,7-9,11H,4,6,10H2,1H3,(H,21,25). The van der Waals surface area contributed by atoms with E-state index in [0.717, 1.165) is 30.5 Å². The molecule has 0 radical (unpaired) electrons. The molecule has 27 heavy (non-hydrogen) atoms. The van der Waals surface area contributed by atoms with Gasteiger partial charge < -0.3 is 9.88 Å². The molecule has 0 fully saturated rings. The van der Waals surface area contributed by atoms with Crippen LogP contribution in [0.25, 0.3) is 10.9 Å². The number of para-hydroxylation sites is 1. The Kier molecular flexibility index (Phi) is 3.99. The lowest BCUT2D eigenvalue weighted by Crippen LogP contribution is -2.25. The van der Waals surface area contributed by atoms with E-state index in [2.05, 4.69) is 5.32 Å². The third-order valence-electron chi connectivity index (χ3n) is 5.02. The van der Waals surface area contributed by atoms with Gasteiger partial charge in [0, 0.05) is 24.2 Å². The van der Waals surface area contributed by atoms with Crippen molar-refractivity contribution in [2.75, 3.05) is 5.32 Å². The molecule has 0 unspecified atom stereocenters. The molecule has 0 aliphatic carbocycles. The molecule has 2 aromatic carbocycles. The van der Waals surface area contributed by atoms with E-state index in [1.54, 1.807) is 25.3 Å². The van der Waals surface area contributed by atoms with Crippen molar-refractivity contribution in [2.45, 2.75) is 26.3 Å². The minimum atomic E-state index is -0.565. The normalized spacial score (nSPS) is 12.8. The van der Waals surface area contributed by atoms with Gasteiger partial charge in [0.15, 0.2) is 0 Å². The van der Waals surface area contributed by atoms with Crippen molar-refractivity contribution in [3.05, 3.63) is 79.6 Å². The Morgan fingerprint density at radius 1 is 1.22 bits per heavy atom. The molecule has 0 atom stereocenters. The molecule has 0 saturated heterocycles. The highest BCUT2D eigenvalue weighted by Gasteiger charge is 2.21. The molecule has 2 heterocycles. The Morgan fingerprint density at radius 3 is 2.78 bits per heavy atom. The Bertz CT molecular complexity index is 1160. The molecule has 0 spiro atoms. The molecular weight excluding hydrogens is 346 g/mol. The third kappa shape index (κ3) is 2.77. The number of nitrogens with one attached hydrogen (secondary N) is 1. The second-order valence-corrected chi connectivity index (χ2v) is 6.64. The number of nitrogens with zero attached hydrogens (tertiary/aromatic N) is 2. The summed E-state index contributed by atoms with van der Waals surface area (Å²) < 4.78 is 1.95. The Morgan fingerprint density at radius 2 is 2.00 bits per heavy atom. The zero-order valence-electron chi connectivity index (χ0n) is 14.7. The molecule has 1 N–H and O–H groups in total. The molecule has 7 nitrogen and oxygen atoms in total. The number of carbonyl (C=O) groups excluding carboxylic acids is 1. The van der Waals surface area contributed by atoms with E-state index in [0.29, 0.717) is 16.6 Å². The summed E-state index contributed by atoms with van der Waals surface area (Å²) in [5, 5.41) is 14.3. The van der Waals surface area contributed by atoms with Crippen LogP contribution in [0.1, 0.15) is 27.9 Å². The highest BCUT2D eigenvalue weighted by atomic mass is 16.6. The van der Waals surface area contributed by atoms with Gasteiger partial charge in [0.25, 0.3) is 11.6 Å². The zero-order chi connectivity index (χ0) is 19.1. The van der Waals surface area contributed by atoms with E-state index in [-0.39, 0.29) is 16.7 Å². The Hall–Kier alpha value is -3.48. The van der Waals surface area contributed by atoms with Gasteiger partial charge in [0.2, 0.25) is 5.43 Å². The van der Waals surface area contributed by atoms with E-state index >= 15 is 0 Å². The molecule has 1 amide bonds. The Balaban J connectivity index is 1.79. The molecule has 136 valence electrons. The van der Waals surface area contributed by atoms with Gasteiger partial charge in [-0.1, -0.05) is 18.2 Å². The lowest BCUT2D eigenvalue weighted by atomic mass is 9.99. The number of aromatic nitrogens is 1. The van der Waals surface area contributed by atoms with Crippen LogP contribution in [0.2, 0.25) is 0 Å². The summed E-state index contributed by atoms with van der Waals surface area (Å²) >= 11 is 0. The fourth-order valence-electron chi connectivity index (χ4n) is 3.66. The van der Waals surface area contributed by atoms with Gasteiger partial charge in [-0.2, -0.15) is 0 Å². The molecule has 4 rings (SSSR count). The van der Waals surface area contributed by atoms with Crippen LogP contribution >= 0.6 is 0 Å². The van der Waals surface area contributed by atoms with Crippen molar-refractivity contribution >= 4 is 28.2 Å². The number of benzene rings is 2. The molecule has 1 aromatic heterocycles. The lowest BCUT2D eigenvalue weighted by molar-refractivity contribution is -0.385. The highest BCUT2D eigenvalue weighted by Crippen LogP contribution is 2.26. The van der Waals surface area contributed by atoms with Gasteiger partial charge in [-0.05, 0) is 37.5 Å². The topological polar surface area (TPSA) is 94.2 Å². The molecule has 3 aromatic rings. The van der Waals surface area contributed by atoms with Gasteiger partial charge in [-0.3, -0.25) is 19.7 Å². The summed E-state index contributed by atoms with van der Waals surface area (Å²) in [7, 11) is 0. The second kappa shape index (κ2) is 6.35. The van der Waals surface area contributed by atoms with E-state index in [4.69, 9.17) is 0 Å². The molecule has 1 aliphatic heterocycles. The number of hydrogen-bond acceptors (Lipinski definition) is 4. The lowest BCUT2D eigenvalue weighted by Gasteiger charge is -2.20. The number of nitro groups is 1. The number of carbonyl (C=O) groups is 1. The number of aryl methyl sites for hydroxylation is 2. The average molecular weight is 363 g/mol. The first-order chi connectivity index (χ1) is 13.0. The van der Waals surface area contributed by atoms with Gasteiger partial charge in [0.1, 0.15) is 5.56 Å². The van der Waals surface area contributed by atoms with Gasteiger partial charge in [-0.15, -0.1) is 0 Å². The van der Waals surface area contributed by atoms with Crippen LogP contribution < -0.4 is 10.7 Å². The van der Waals surface area contributed by atoms with Crippen molar-refractivity contribution in [1.82, 2.24) is 4.57 Å². The van der Waals surface area contributed by atoms with Crippen LogP contribution in [0.5, 0.6) is 0 Å². The number of rotatable bonds is 3. The molecule has 1 aliphatic rings. The van der Waals surface area contributed by atoms with Gasteiger partial charge in [-0.25, -0.2) is 0 Å². The van der Waals surface area contributed by atoms with Crippen molar-refractivity contribution in [1.29, 1.82) is 0 Å². The largest absolute Gasteiger partial charge is 0.346 e. The number of anilines is 1. The first-order valence-electron chi connectivity index (χ1n) is 8.68. The quantitative estimate of drug-likeness (QED) is 0.570. The molecule has 0 saturated carbocycles. The van der Waals surface area contributed by atoms with E-state index in [1.165, 1.54) is 12.1 Å². The number of pyridine rings is 1. The third-order valence-corrected chi connectivity index (χ3v) is 5.02. The summed E-state index contributed by atoms with van der Waals surface area (Å²) in [5.74, 6) is -0.565. The summed E-state index contributed by atoms with van der Waals surface area (Å²) in [5.41, 5.74) is 2.29. The first kappa shape index (κ1) is 17.0. The van der Waals surface area contributed by atoms with Crippen LogP contribution in [0.15, 0.2) is 47.4 Å². The Labute approximate surface area is 154 Å². The SMILES string of the molecule is Cc1c(NC(=O)c2cn3c4c(cccc4c2=O)CCC3)cccc1[N+](=O)[O-]. The fourth-order valence-corrected chi connectivity index (χ4v) is 3.66. The van der Waals surface area contributed by atoms with Crippen LogP contribution in [-0.2, 0) is 13.0 Å². The monoisotopic (exact) mass is 363 g/mol. The summed E-state index contributed by atoms with van der Waals surface area (Å²) in [6.07, 6.45) is 3.45. The maximum Gasteiger partial charge on any atom is 0.274 e. The van der Waals surface area contributed by atoms with Crippen LogP contribution in [-0.4, -0.2) is 15.4 Å². The average Bonchev–Trinajstić information content (AvgIpc) is 2.66. The maximum absolute atomic E-state index is 12.9. The summed E-state index contributed by atoms with van der Waals surface area (Å²) in [4.78, 5) is 36.3. The predicted octanol–water partition coefficient (Wildman–Crippen LogP) is 3.42. The minimum absolute atomic E-state index is 0.0347. The van der Waals surface area contributed by atoms with E-state index in [1.807, 2.05) is 16.7 Å². The predicted molar refractivity (Wildman–Crippen MR) is 102 cm³/mol. The fraction of sp³-hybridized carbons (Fsp3) is 0.200. The highest BCUT2D eigenvalue weighted by molar-refractivity contribution is 6.06. The van der Waals surface area contributed by atoms with Crippen molar-refractivity contribution in [3.63, 3.8) is 0 Å². The van der Waals surface area contributed by atoms with Gasteiger partial charge in [0.05, 0.1) is 21.7 Å². The van der Waals surface area contributed by atoms with E-state index < -0.39 is 10.8 Å². The number of hydrogen-bond donors (Lipinski definition) is 1. The molecule has 0 bridgehead atoms. The minimum Gasteiger partial charge on any atom is -0.346 e. The van der Waals surface area contributed by atoms with Gasteiger partial charge >= 0.3 is 0 Å². The zero-order valence-corrected chi connectivity index (χ0v) is 14.7. The molecular formula is C20H17N3O4. The first-order valence-corrected chi connectivity index (χ1v) is 8.68. The van der Waals surface area contributed by atoms with Crippen LogP contribution in [0.4, 0.5) is 11.4 Å². The van der Waals surface area contributed by atoms with Crippen LogP contribution in [0.3, 0.4) is 0 Å². The summed E-state index contributed by atoms with van der Waals surface area (Å²) in [6.45, 7) is 2.31. The van der Waals surface area contributed by atoms with Crippen molar-refractivity contribution in [3.8, 4) is 0 Å². The van der Waals surface area contributed by atoms with Crippen LogP contribution in [0, 0.1) is 17.0 Å². The second-order valence-electron chi connectivity index (χ2n) is 6.64. The number of amides is 1. The van der Waals surface area contributed by atoms with Crippen molar-refractivity contribution < 1.29 is 9.72 Å². The smallest absolute Gasteiger partial charge is 0.274 e. The van der Waals surface area contributed by atoms with E-state index in [9.17, 15) is 19.7 Å². The summed E-state index contributed by atoms with van der Waals surface area (Å²) in [6, 6.07) is 10.0.